The Morgan fingerprint density at radius 2 is 2.05 bits per heavy atom. The van der Waals surface area contributed by atoms with E-state index in [1.165, 1.54) is 11.3 Å². The molecular weight excluding hydrogens is 282 g/mol. The Labute approximate surface area is 124 Å². The SMILES string of the molecule is CCC(CC)N(CCO)C(C)C(=O)c1ccc(Cl)s1. The molecule has 19 heavy (non-hydrogen) atoms. The van der Waals surface area contributed by atoms with Crippen molar-refractivity contribution in [3.63, 3.8) is 0 Å². The monoisotopic (exact) mass is 303 g/mol. The lowest BCUT2D eigenvalue weighted by Crippen LogP contribution is -2.46. The molecule has 1 unspecified atom stereocenters. The van der Waals surface area contributed by atoms with E-state index >= 15 is 0 Å². The summed E-state index contributed by atoms with van der Waals surface area (Å²) in [5, 5.41) is 9.21. The fourth-order valence-corrected chi connectivity index (χ4v) is 3.43. The van der Waals surface area contributed by atoms with Crippen molar-refractivity contribution in [2.24, 2.45) is 0 Å². The summed E-state index contributed by atoms with van der Waals surface area (Å²) < 4.78 is 0.631. The predicted octanol–water partition coefficient (Wildman–Crippen LogP) is 3.46. The second kappa shape index (κ2) is 8.00. The number of carbonyl (C=O) groups excluding carboxylic acids is 1. The molecule has 1 atom stereocenters. The number of aliphatic hydroxyl groups is 1. The number of thiophene rings is 1. The molecule has 1 aromatic heterocycles. The lowest BCUT2D eigenvalue weighted by atomic mass is 10.0. The summed E-state index contributed by atoms with van der Waals surface area (Å²) in [7, 11) is 0. The van der Waals surface area contributed by atoms with Crippen LogP contribution < -0.4 is 0 Å². The van der Waals surface area contributed by atoms with Gasteiger partial charge in [-0.2, -0.15) is 0 Å². The number of hydrogen-bond donors (Lipinski definition) is 1. The molecule has 0 aliphatic rings. The van der Waals surface area contributed by atoms with Crippen molar-refractivity contribution in [2.45, 2.75) is 45.7 Å². The molecule has 0 saturated heterocycles. The zero-order valence-electron chi connectivity index (χ0n) is 11.7. The first-order chi connectivity index (χ1) is 9.04. The van der Waals surface area contributed by atoms with Crippen LogP contribution in [0.4, 0.5) is 0 Å². The van der Waals surface area contributed by atoms with Crippen molar-refractivity contribution in [1.29, 1.82) is 0 Å². The van der Waals surface area contributed by atoms with E-state index in [4.69, 9.17) is 11.6 Å². The second-order valence-electron chi connectivity index (χ2n) is 4.58. The average molecular weight is 304 g/mol. The molecule has 0 amide bonds. The van der Waals surface area contributed by atoms with Gasteiger partial charge in [-0.3, -0.25) is 9.69 Å². The summed E-state index contributed by atoms with van der Waals surface area (Å²) in [5.41, 5.74) is 0. The minimum absolute atomic E-state index is 0.0688. The number of halogens is 1. The molecule has 0 aliphatic carbocycles. The van der Waals surface area contributed by atoms with E-state index in [9.17, 15) is 9.90 Å². The molecule has 0 saturated carbocycles. The maximum Gasteiger partial charge on any atom is 0.189 e. The highest BCUT2D eigenvalue weighted by atomic mass is 35.5. The lowest BCUT2D eigenvalue weighted by molar-refractivity contribution is 0.0689. The standard InChI is InChI=1S/C14H22ClNO2S/c1-4-11(5-2)16(8-9-17)10(3)14(18)12-6-7-13(15)19-12/h6-7,10-11,17H,4-5,8-9H2,1-3H3. The maximum absolute atomic E-state index is 12.4. The highest BCUT2D eigenvalue weighted by Crippen LogP contribution is 2.24. The highest BCUT2D eigenvalue weighted by molar-refractivity contribution is 7.18. The third kappa shape index (κ3) is 4.28. The van der Waals surface area contributed by atoms with E-state index in [2.05, 4.69) is 18.7 Å². The van der Waals surface area contributed by atoms with Gasteiger partial charge in [-0.05, 0) is 31.9 Å². The van der Waals surface area contributed by atoms with Gasteiger partial charge in [0, 0.05) is 12.6 Å². The summed E-state index contributed by atoms with van der Waals surface area (Å²) in [4.78, 5) is 15.2. The Kier molecular flexibility index (Phi) is 7.00. The lowest BCUT2D eigenvalue weighted by Gasteiger charge is -2.34. The minimum atomic E-state index is -0.230. The van der Waals surface area contributed by atoms with E-state index < -0.39 is 0 Å². The summed E-state index contributed by atoms with van der Waals surface area (Å²) in [5.74, 6) is 0.0808. The van der Waals surface area contributed by atoms with Crippen molar-refractivity contribution >= 4 is 28.7 Å². The Balaban J connectivity index is 2.86. The van der Waals surface area contributed by atoms with Crippen LogP contribution >= 0.6 is 22.9 Å². The number of hydrogen-bond acceptors (Lipinski definition) is 4. The van der Waals surface area contributed by atoms with Crippen LogP contribution in [-0.4, -0.2) is 41.0 Å². The molecule has 0 fully saturated rings. The van der Waals surface area contributed by atoms with Gasteiger partial charge in [-0.1, -0.05) is 25.4 Å². The molecule has 0 bridgehead atoms. The van der Waals surface area contributed by atoms with Gasteiger partial charge < -0.3 is 5.11 Å². The van der Waals surface area contributed by atoms with E-state index in [0.29, 0.717) is 21.8 Å². The zero-order chi connectivity index (χ0) is 14.4. The molecule has 1 rings (SSSR count). The third-order valence-corrected chi connectivity index (χ3v) is 4.71. The Hall–Kier alpha value is -0.420. The predicted molar refractivity (Wildman–Crippen MR) is 81.3 cm³/mol. The van der Waals surface area contributed by atoms with E-state index in [1.807, 2.05) is 6.92 Å². The Morgan fingerprint density at radius 3 is 2.47 bits per heavy atom. The number of nitrogens with zero attached hydrogens (tertiary/aromatic N) is 1. The third-order valence-electron chi connectivity index (χ3n) is 3.46. The summed E-state index contributed by atoms with van der Waals surface area (Å²) >= 11 is 7.19. The van der Waals surface area contributed by atoms with Gasteiger partial charge in [-0.25, -0.2) is 0 Å². The molecule has 0 spiro atoms. The minimum Gasteiger partial charge on any atom is -0.395 e. The van der Waals surface area contributed by atoms with Crippen LogP contribution in [0.1, 0.15) is 43.3 Å². The zero-order valence-corrected chi connectivity index (χ0v) is 13.3. The van der Waals surface area contributed by atoms with Gasteiger partial charge in [-0.15, -0.1) is 11.3 Å². The summed E-state index contributed by atoms with van der Waals surface area (Å²) in [6, 6.07) is 3.61. The number of Topliss-reactive ketones (excluding diaryl/α,β-unsaturated/α-hetero) is 1. The van der Waals surface area contributed by atoms with E-state index in [-0.39, 0.29) is 18.4 Å². The molecule has 5 heteroatoms. The number of ketones is 1. The number of rotatable bonds is 8. The van der Waals surface area contributed by atoms with Crippen LogP contribution in [0.3, 0.4) is 0 Å². The van der Waals surface area contributed by atoms with Crippen molar-refractivity contribution in [3.8, 4) is 0 Å². The molecule has 0 aliphatic heterocycles. The van der Waals surface area contributed by atoms with Crippen molar-refractivity contribution in [2.75, 3.05) is 13.2 Å². The fourth-order valence-electron chi connectivity index (χ4n) is 2.37. The van der Waals surface area contributed by atoms with Crippen LogP contribution in [0, 0.1) is 0 Å². The van der Waals surface area contributed by atoms with Crippen molar-refractivity contribution < 1.29 is 9.90 Å². The molecular formula is C14H22ClNO2S. The summed E-state index contributed by atoms with van der Waals surface area (Å²) in [6.45, 7) is 6.72. The number of carbonyl (C=O) groups is 1. The topological polar surface area (TPSA) is 40.5 Å². The largest absolute Gasteiger partial charge is 0.395 e. The fraction of sp³-hybridized carbons (Fsp3) is 0.643. The van der Waals surface area contributed by atoms with Crippen molar-refractivity contribution in [3.05, 3.63) is 21.3 Å². The summed E-state index contributed by atoms with van der Waals surface area (Å²) in [6.07, 6.45) is 1.94. The first kappa shape index (κ1) is 16.6. The molecule has 108 valence electrons. The van der Waals surface area contributed by atoms with E-state index in [0.717, 1.165) is 12.8 Å². The van der Waals surface area contributed by atoms with Gasteiger partial charge in [0.25, 0.3) is 0 Å². The van der Waals surface area contributed by atoms with Crippen LogP contribution in [0.25, 0.3) is 0 Å². The van der Waals surface area contributed by atoms with Crippen LogP contribution in [0.2, 0.25) is 4.34 Å². The molecule has 0 aromatic carbocycles. The van der Waals surface area contributed by atoms with Crippen LogP contribution in [0.15, 0.2) is 12.1 Å². The normalized spacial score (nSPS) is 13.2. The van der Waals surface area contributed by atoms with Gasteiger partial charge in [0.05, 0.1) is 21.9 Å². The highest BCUT2D eigenvalue weighted by Gasteiger charge is 2.27. The van der Waals surface area contributed by atoms with Gasteiger partial charge in [0.15, 0.2) is 5.78 Å². The van der Waals surface area contributed by atoms with Crippen molar-refractivity contribution in [1.82, 2.24) is 4.90 Å². The van der Waals surface area contributed by atoms with Gasteiger partial charge in [0.2, 0.25) is 0 Å². The smallest absolute Gasteiger partial charge is 0.189 e. The first-order valence-corrected chi connectivity index (χ1v) is 7.90. The first-order valence-electron chi connectivity index (χ1n) is 6.71. The Bertz CT molecular complexity index is 404. The second-order valence-corrected chi connectivity index (χ2v) is 6.29. The molecule has 1 N–H and O–H groups in total. The Morgan fingerprint density at radius 1 is 1.42 bits per heavy atom. The molecule has 0 radical (unpaired) electrons. The van der Waals surface area contributed by atoms with Crippen LogP contribution in [-0.2, 0) is 0 Å². The quantitative estimate of drug-likeness (QED) is 0.748. The maximum atomic E-state index is 12.4. The number of aliphatic hydroxyl groups excluding tert-OH is 1. The average Bonchev–Trinajstić information content (AvgIpc) is 2.84. The van der Waals surface area contributed by atoms with E-state index in [1.54, 1.807) is 12.1 Å². The molecule has 3 nitrogen and oxygen atoms in total. The molecule has 1 heterocycles. The van der Waals surface area contributed by atoms with Crippen LogP contribution in [0.5, 0.6) is 0 Å². The molecule has 1 aromatic rings. The van der Waals surface area contributed by atoms with Gasteiger partial charge in [0.1, 0.15) is 0 Å². The van der Waals surface area contributed by atoms with Gasteiger partial charge >= 0.3 is 0 Å².